The number of methoxy groups -OCH3 is 1. The van der Waals surface area contributed by atoms with E-state index in [0.717, 1.165) is 18.5 Å². The predicted molar refractivity (Wildman–Crippen MR) is 89.9 cm³/mol. The second-order valence-corrected chi connectivity index (χ2v) is 6.79. The SMILES string of the molecule is COCCCN(Cc1ccc(F)cc1)CC(O)COC(C)(C)C. The van der Waals surface area contributed by atoms with Crippen molar-refractivity contribution in [3.63, 3.8) is 0 Å². The largest absolute Gasteiger partial charge is 0.389 e. The highest BCUT2D eigenvalue weighted by Crippen LogP contribution is 2.10. The Morgan fingerprint density at radius 1 is 1.22 bits per heavy atom. The fraction of sp³-hybridized carbons (Fsp3) is 0.667. The van der Waals surface area contributed by atoms with Crippen molar-refractivity contribution in [3.8, 4) is 0 Å². The molecule has 0 saturated carbocycles. The summed E-state index contributed by atoms with van der Waals surface area (Å²) in [5, 5.41) is 10.2. The summed E-state index contributed by atoms with van der Waals surface area (Å²) in [6.07, 6.45) is 0.321. The van der Waals surface area contributed by atoms with Gasteiger partial charge in [0.15, 0.2) is 0 Å². The van der Waals surface area contributed by atoms with Gasteiger partial charge in [0, 0.05) is 33.4 Å². The molecule has 1 unspecified atom stereocenters. The van der Waals surface area contributed by atoms with Crippen LogP contribution in [0.5, 0.6) is 0 Å². The van der Waals surface area contributed by atoms with Crippen molar-refractivity contribution in [1.82, 2.24) is 4.90 Å². The van der Waals surface area contributed by atoms with Crippen molar-refractivity contribution in [3.05, 3.63) is 35.6 Å². The molecule has 0 amide bonds. The lowest BCUT2D eigenvalue weighted by Crippen LogP contribution is -2.37. The van der Waals surface area contributed by atoms with Gasteiger partial charge in [0.25, 0.3) is 0 Å². The first-order valence-corrected chi connectivity index (χ1v) is 8.08. The molecule has 1 aromatic rings. The van der Waals surface area contributed by atoms with Crippen molar-refractivity contribution in [1.29, 1.82) is 0 Å². The molecule has 0 spiro atoms. The van der Waals surface area contributed by atoms with Crippen molar-refractivity contribution in [2.75, 3.05) is 33.4 Å². The van der Waals surface area contributed by atoms with Crippen molar-refractivity contribution >= 4 is 0 Å². The van der Waals surface area contributed by atoms with Crippen LogP contribution in [0.15, 0.2) is 24.3 Å². The summed E-state index contributed by atoms with van der Waals surface area (Å²) in [6, 6.07) is 6.47. The third-order valence-corrected chi connectivity index (χ3v) is 3.32. The number of benzene rings is 1. The number of halogens is 1. The van der Waals surface area contributed by atoms with Gasteiger partial charge in [0.2, 0.25) is 0 Å². The van der Waals surface area contributed by atoms with Crippen LogP contribution < -0.4 is 0 Å². The molecule has 0 aliphatic heterocycles. The summed E-state index contributed by atoms with van der Waals surface area (Å²) >= 11 is 0. The first-order chi connectivity index (χ1) is 10.8. The Morgan fingerprint density at radius 3 is 2.43 bits per heavy atom. The number of aliphatic hydroxyl groups is 1. The first-order valence-electron chi connectivity index (χ1n) is 8.08. The molecule has 1 rings (SSSR count). The third kappa shape index (κ3) is 9.66. The molecule has 1 aromatic carbocycles. The quantitative estimate of drug-likeness (QED) is 0.671. The fourth-order valence-corrected chi connectivity index (χ4v) is 2.21. The maximum atomic E-state index is 13.0. The van der Waals surface area contributed by atoms with E-state index < -0.39 is 6.10 Å². The topological polar surface area (TPSA) is 41.9 Å². The van der Waals surface area contributed by atoms with E-state index >= 15 is 0 Å². The average molecular weight is 327 g/mol. The molecule has 132 valence electrons. The van der Waals surface area contributed by atoms with Gasteiger partial charge >= 0.3 is 0 Å². The monoisotopic (exact) mass is 327 g/mol. The van der Waals surface area contributed by atoms with Crippen molar-refractivity contribution < 1.29 is 19.0 Å². The maximum Gasteiger partial charge on any atom is 0.123 e. The summed E-state index contributed by atoms with van der Waals surface area (Å²) in [6.45, 7) is 8.85. The van der Waals surface area contributed by atoms with Crippen molar-refractivity contribution in [2.45, 2.75) is 45.4 Å². The second kappa shape index (κ2) is 9.98. The summed E-state index contributed by atoms with van der Waals surface area (Å²) in [5.74, 6) is -0.238. The number of rotatable bonds is 10. The van der Waals surface area contributed by atoms with Crippen LogP contribution >= 0.6 is 0 Å². The van der Waals surface area contributed by atoms with Crippen molar-refractivity contribution in [2.24, 2.45) is 0 Å². The molecule has 0 saturated heterocycles. The van der Waals surface area contributed by atoms with Gasteiger partial charge in [-0.3, -0.25) is 4.90 Å². The van der Waals surface area contributed by atoms with Crippen LogP contribution in [0.4, 0.5) is 4.39 Å². The van der Waals surface area contributed by atoms with Gasteiger partial charge in [-0.05, 0) is 44.9 Å². The minimum absolute atomic E-state index is 0.238. The number of ether oxygens (including phenoxy) is 2. The summed E-state index contributed by atoms with van der Waals surface area (Å²) in [5.41, 5.74) is 0.756. The lowest BCUT2D eigenvalue weighted by molar-refractivity contribution is -0.0569. The molecule has 0 fully saturated rings. The Balaban J connectivity index is 2.55. The molecular formula is C18H30FNO3. The standard InChI is InChI=1S/C18H30FNO3/c1-18(2,3)23-14-17(21)13-20(10-5-11-22-4)12-15-6-8-16(19)9-7-15/h6-9,17,21H,5,10-14H2,1-4H3. The summed E-state index contributed by atoms with van der Waals surface area (Å²) in [4.78, 5) is 2.14. The van der Waals surface area contributed by atoms with E-state index in [9.17, 15) is 9.50 Å². The number of hydrogen-bond acceptors (Lipinski definition) is 4. The van der Waals surface area contributed by atoms with Gasteiger partial charge in [0.1, 0.15) is 5.82 Å². The zero-order valence-electron chi connectivity index (χ0n) is 14.7. The van der Waals surface area contributed by atoms with Crippen LogP contribution in [-0.4, -0.2) is 55.1 Å². The Morgan fingerprint density at radius 2 is 1.87 bits per heavy atom. The van der Waals surface area contributed by atoms with Crippen LogP contribution in [0.25, 0.3) is 0 Å². The summed E-state index contributed by atoms with van der Waals surface area (Å²) in [7, 11) is 1.68. The number of aliphatic hydroxyl groups excluding tert-OH is 1. The van der Waals surface area contributed by atoms with Crippen LogP contribution in [0, 0.1) is 5.82 Å². The lowest BCUT2D eigenvalue weighted by Gasteiger charge is -2.27. The predicted octanol–water partition coefficient (Wildman–Crippen LogP) is 2.84. The Kier molecular flexibility index (Phi) is 8.69. The van der Waals surface area contributed by atoms with Crippen LogP contribution in [0.1, 0.15) is 32.8 Å². The van der Waals surface area contributed by atoms with E-state index in [4.69, 9.17) is 9.47 Å². The molecule has 1 N–H and O–H groups in total. The highest BCUT2D eigenvalue weighted by molar-refractivity contribution is 5.15. The van der Waals surface area contributed by atoms with Gasteiger partial charge in [0.05, 0.1) is 18.3 Å². The normalized spacial score (nSPS) is 13.5. The van der Waals surface area contributed by atoms with E-state index in [1.807, 2.05) is 20.8 Å². The third-order valence-electron chi connectivity index (χ3n) is 3.32. The Labute approximate surface area is 139 Å². The van der Waals surface area contributed by atoms with Gasteiger partial charge in [-0.15, -0.1) is 0 Å². The lowest BCUT2D eigenvalue weighted by atomic mass is 10.2. The summed E-state index contributed by atoms with van der Waals surface area (Å²) < 4.78 is 23.7. The van der Waals surface area contributed by atoms with E-state index in [1.165, 1.54) is 12.1 Å². The molecule has 0 radical (unpaired) electrons. The molecule has 4 nitrogen and oxygen atoms in total. The van der Waals surface area contributed by atoms with Crippen LogP contribution in [0.3, 0.4) is 0 Å². The average Bonchev–Trinajstić information content (AvgIpc) is 2.47. The molecule has 1 atom stereocenters. The van der Waals surface area contributed by atoms with Crippen LogP contribution in [-0.2, 0) is 16.0 Å². The van der Waals surface area contributed by atoms with E-state index in [1.54, 1.807) is 19.2 Å². The highest BCUT2D eigenvalue weighted by Gasteiger charge is 2.16. The molecule has 23 heavy (non-hydrogen) atoms. The molecule has 0 heterocycles. The smallest absolute Gasteiger partial charge is 0.123 e. The first kappa shape index (κ1) is 20.0. The molecule has 0 bridgehead atoms. The fourth-order valence-electron chi connectivity index (χ4n) is 2.21. The van der Waals surface area contributed by atoms with Gasteiger partial charge < -0.3 is 14.6 Å². The number of nitrogens with zero attached hydrogens (tertiary/aromatic N) is 1. The number of hydrogen-bond donors (Lipinski definition) is 1. The van der Waals surface area contributed by atoms with Gasteiger partial charge in [-0.1, -0.05) is 12.1 Å². The minimum Gasteiger partial charge on any atom is -0.389 e. The molecule has 0 aliphatic carbocycles. The molecular weight excluding hydrogens is 297 g/mol. The van der Waals surface area contributed by atoms with E-state index in [-0.39, 0.29) is 11.4 Å². The minimum atomic E-state index is -0.558. The van der Waals surface area contributed by atoms with Gasteiger partial charge in [-0.2, -0.15) is 0 Å². The zero-order valence-corrected chi connectivity index (χ0v) is 14.7. The van der Waals surface area contributed by atoms with E-state index in [2.05, 4.69) is 4.90 Å². The second-order valence-electron chi connectivity index (χ2n) is 6.79. The molecule has 0 aromatic heterocycles. The molecule has 0 aliphatic rings. The Bertz CT molecular complexity index is 431. The Hall–Kier alpha value is -1.01. The van der Waals surface area contributed by atoms with Gasteiger partial charge in [-0.25, -0.2) is 4.39 Å². The zero-order chi connectivity index (χ0) is 17.3. The van der Waals surface area contributed by atoms with Crippen LogP contribution in [0.2, 0.25) is 0 Å². The highest BCUT2D eigenvalue weighted by atomic mass is 19.1. The van der Waals surface area contributed by atoms with E-state index in [0.29, 0.717) is 26.3 Å². The molecule has 5 heteroatoms. The maximum absolute atomic E-state index is 13.0.